The Morgan fingerprint density at radius 2 is 2.20 bits per heavy atom. The van der Waals surface area contributed by atoms with Crippen LogP contribution in [0.5, 0.6) is 0 Å². The van der Waals surface area contributed by atoms with Crippen LogP contribution in [0.1, 0.15) is 49.3 Å². The summed E-state index contributed by atoms with van der Waals surface area (Å²) in [6.45, 7) is 0.961. The zero-order chi connectivity index (χ0) is 14.0. The number of fused-ring (bicyclic) bond motifs is 1. The van der Waals surface area contributed by atoms with Crippen molar-refractivity contribution in [3.8, 4) is 0 Å². The lowest BCUT2D eigenvalue weighted by Gasteiger charge is -2.28. The van der Waals surface area contributed by atoms with Crippen LogP contribution in [0.2, 0.25) is 0 Å². The van der Waals surface area contributed by atoms with E-state index in [0.29, 0.717) is 18.3 Å². The number of oxime groups is 1. The quantitative estimate of drug-likeness (QED) is 0.334. The molecule has 2 aliphatic carbocycles. The fourth-order valence-electron chi connectivity index (χ4n) is 3.32. The number of nitrogens with two attached hydrogens (primary N) is 1. The van der Waals surface area contributed by atoms with Crippen LogP contribution >= 0.6 is 0 Å². The molecule has 0 aliphatic heterocycles. The molecule has 1 fully saturated rings. The highest BCUT2D eigenvalue weighted by atomic mass is 16.4. The van der Waals surface area contributed by atoms with Crippen molar-refractivity contribution in [2.24, 2.45) is 16.3 Å². The maximum Gasteiger partial charge on any atom is 0.139 e. The van der Waals surface area contributed by atoms with Gasteiger partial charge in [0, 0.05) is 19.0 Å². The van der Waals surface area contributed by atoms with Crippen LogP contribution in [0.4, 0.5) is 0 Å². The summed E-state index contributed by atoms with van der Waals surface area (Å²) in [4.78, 5) is 0. The van der Waals surface area contributed by atoms with Crippen LogP contribution in [0, 0.1) is 5.41 Å². The van der Waals surface area contributed by atoms with E-state index in [1.54, 1.807) is 0 Å². The van der Waals surface area contributed by atoms with E-state index in [9.17, 15) is 0 Å². The second-order valence-corrected chi connectivity index (χ2v) is 6.29. The molecule has 3 rings (SSSR count). The van der Waals surface area contributed by atoms with Gasteiger partial charge in [0.05, 0.1) is 0 Å². The summed E-state index contributed by atoms with van der Waals surface area (Å²) in [5.41, 5.74) is 8.82. The first-order valence-corrected chi connectivity index (χ1v) is 7.50. The molecule has 1 unspecified atom stereocenters. The van der Waals surface area contributed by atoms with Crippen molar-refractivity contribution >= 4 is 5.84 Å². The van der Waals surface area contributed by atoms with Gasteiger partial charge in [0.25, 0.3) is 0 Å². The molecule has 0 spiro atoms. The molecule has 20 heavy (non-hydrogen) atoms. The second kappa shape index (κ2) is 5.44. The monoisotopic (exact) mass is 273 g/mol. The van der Waals surface area contributed by atoms with Crippen LogP contribution in [0.25, 0.3) is 0 Å². The minimum atomic E-state index is 0.225. The molecule has 0 aromatic heterocycles. The number of aryl methyl sites for hydroxylation is 1. The summed E-state index contributed by atoms with van der Waals surface area (Å²) in [5, 5.41) is 15.5. The van der Waals surface area contributed by atoms with Crippen molar-refractivity contribution in [1.82, 2.24) is 5.32 Å². The van der Waals surface area contributed by atoms with Crippen LogP contribution < -0.4 is 11.1 Å². The lowest BCUT2D eigenvalue weighted by Crippen LogP contribution is -2.32. The van der Waals surface area contributed by atoms with E-state index in [1.807, 2.05) is 0 Å². The third-order valence-electron chi connectivity index (χ3n) is 4.73. The van der Waals surface area contributed by atoms with Crippen molar-refractivity contribution in [3.05, 3.63) is 35.4 Å². The number of amidine groups is 1. The van der Waals surface area contributed by atoms with E-state index in [2.05, 4.69) is 34.7 Å². The number of nitrogens with zero attached hydrogens (tertiary/aromatic N) is 1. The van der Waals surface area contributed by atoms with E-state index in [4.69, 9.17) is 10.9 Å². The summed E-state index contributed by atoms with van der Waals surface area (Å²) < 4.78 is 0. The van der Waals surface area contributed by atoms with E-state index in [0.717, 1.165) is 6.54 Å². The van der Waals surface area contributed by atoms with E-state index in [1.165, 1.54) is 43.2 Å². The zero-order valence-corrected chi connectivity index (χ0v) is 11.8. The van der Waals surface area contributed by atoms with Gasteiger partial charge >= 0.3 is 0 Å². The average molecular weight is 273 g/mol. The van der Waals surface area contributed by atoms with Gasteiger partial charge in [0.15, 0.2) is 0 Å². The van der Waals surface area contributed by atoms with Crippen molar-refractivity contribution in [1.29, 1.82) is 0 Å². The van der Waals surface area contributed by atoms with E-state index < -0.39 is 0 Å². The van der Waals surface area contributed by atoms with Crippen molar-refractivity contribution < 1.29 is 5.21 Å². The highest BCUT2D eigenvalue weighted by Crippen LogP contribution is 2.48. The van der Waals surface area contributed by atoms with Gasteiger partial charge in [-0.05, 0) is 48.6 Å². The Bertz CT molecular complexity index is 508. The topological polar surface area (TPSA) is 70.6 Å². The van der Waals surface area contributed by atoms with Crippen LogP contribution in [0.15, 0.2) is 29.4 Å². The van der Waals surface area contributed by atoms with Gasteiger partial charge < -0.3 is 16.3 Å². The minimum absolute atomic E-state index is 0.225. The smallest absolute Gasteiger partial charge is 0.139 e. The van der Waals surface area contributed by atoms with E-state index >= 15 is 0 Å². The number of benzene rings is 1. The predicted molar refractivity (Wildman–Crippen MR) is 79.8 cm³/mol. The van der Waals surface area contributed by atoms with Crippen molar-refractivity contribution in [2.75, 3.05) is 6.54 Å². The lowest BCUT2D eigenvalue weighted by atomic mass is 9.87. The number of nitrogens with one attached hydrogen (secondary N) is 1. The van der Waals surface area contributed by atoms with Crippen LogP contribution in [-0.4, -0.2) is 17.6 Å². The van der Waals surface area contributed by atoms with Crippen molar-refractivity contribution in [2.45, 2.75) is 44.6 Å². The van der Waals surface area contributed by atoms with Crippen LogP contribution in [0.3, 0.4) is 0 Å². The molecule has 1 aromatic carbocycles. The van der Waals surface area contributed by atoms with Gasteiger partial charge in [-0.25, -0.2) is 0 Å². The van der Waals surface area contributed by atoms with Gasteiger partial charge in [-0.15, -0.1) is 0 Å². The van der Waals surface area contributed by atoms with Gasteiger partial charge in [-0.2, -0.15) is 0 Å². The predicted octanol–water partition coefficient (Wildman–Crippen LogP) is 2.57. The molecule has 1 saturated carbocycles. The highest BCUT2D eigenvalue weighted by molar-refractivity contribution is 5.80. The maximum absolute atomic E-state index is 8.72. The normalized spacial score (nSPS) is 24.2. The fourth-order valence-corrected chi connectivity index (χ4v) is 3.32. The molecule has 4 heteroatoms. The molecule has 0 heterocycles. The van der Waals surface area contributed by atoms with Gasteiger partial charge in [-0.3, -0.25) is 0 Å². The molecule has 2 aliphatic rings. The molecular weight excluding hydrogens is 250 g/mol. The SMILES string of the molecule is NC(CC1(CNC2CCCc3ccccc32)CC1)=NO. The first kappa shape index (κ1) is 13.4. The van der Waals surface area contributed by atoms with Gasteiger partial charge in [-0.1, -0.05) is 29.4 Å². The first-order chi connectivity index (χ1) is 9.72. The highest BCUT2D eigenvalue weighted by Gasteiger charge is 2.43. The Hall–Kier alpha value is -1.55. The number of rotatable bonds is 5. The van der Waals surface area contributed by atoms with Gasteiger partial charge in [0.2, 0.25) is 0 Å². The first-order valence-electron chi connectivity index (χ1n) is 7.50. The Morgan fingerprint density at radius 1 is 1.40 bits per heavy atom. The number of hydrogen-bond donors (Lipinski definition) is 3. The Morgan fingerprint density at radius 3 is 2.95 bits per heavy atom. The Labute approximate surface area is 120 Å². The molecule has 0 radical (unpaired) electrons. The largest absolute Gasteiger partial charge is 0.409 e. The van der Waals surface area contributed by atoms with E-state index in [-0.39, 0.29) is 5.41 Å². The minimum Gasteiger partial charge on any atom is -0.409 e. The van der Waals surface area contributed by atoms with Gasteiger partial charge in [0.1, 0.15) is 5.84 Å². The molecule has 108 valence electrons. The lowest BCUT2D eigenvalue weighted by molar-refractivity contribution is 0.313. The Balaban J connectivity index is 1.62. The molecule has 0 amide bonds. The summed E-state index contributed by atoms with van der Waals surface area (Å²) >= 11 is 0. The summed E-state index contributed by atoms with van der Waals surface area (Å²) in [5.74, 6) is 0.355. The average Bonchev–Trinajstić information content (AvgIpc) is 3.25. The standard InChI is InChI=1S/C16H23N3O/c17-15(19-20)10-16(8-9-16)11-18-14-7-3-5-12-4-1-2-6-13(12)14/h1-2,4,6,14,18,20H,3,5,7-11H2,(H2,17,19). The maximum atomic E-state index is 8.72. The molecule has 4 N–H and O–H groups in total. The van der Waals surface area contributed by atoms with Crippen molar-refractivity contribution in [3.63, 3.8) is 0 Å². The molecule has 1 aromatic rings. The third-order valence-corrected chi connectivity index (χ3v) is 4.73. The third kappa shape index (κ3) is 2.80. The Kier molecular flexibility index (Phi) is 3.66. The molecule has 0 bridgehead atoms. The molecule has 1 atom stereocenters. The second-order valence-electron chi connectivity index (χ2n) is 6.29. The molecular formula is C16H23N3O. The molecule has 0 saturated heterocycles. The summed E-state index contributed by atoms with van der Waals surface area (Å²) in [6, 6.07) is 9.20. The zero-order valence-electron chi connectivity index (χ0n) is 11.8. The summed E-state index contributed by atoms with van der Waals surface area (Å²) in [7, 11) is 0. The van der Waals surface area contributed by atoms with Crippen LogP contribution in [-0.2, 0) is 6.42 Å². The fraction of sp³-hybridized carbons (Fsp3) is 0.562. The number of hydrogen-bond acceptors (Lipinski definition) is 3. The molecule has 4 nitrogen and oxygen atoms in total. The summed E-state index contributed by atoms with van der Waals surface area (Å²) in [6.07, 6.45) is 6.70.